The van der Waals surface area contributed by atoms with Gasteiger partial charge < -0.3 is 19.9 Å². The zero-order chi connectivity index (χ0) is 13.4. The lowest BCUT2D eigenvalue weighted by Gasteiger charge is -2.15. The molecule has 5 nitrogen and oxygen atoms in total. The fourth-order valence-electron chi connectivity index (χ4n) is 2.76. The van der Waals surface area contributed by atoms with Gasteiger partial charge in [0.15, 0.2) is 0 Å². The Balaban J connectivity index is 1.98. The summed E-state index contributed by atoms with van der Waals surface area (Å²) in [5.41, 5.74) is 9.16. The van der Waals surface area contributed by atoms with E-state index in [1.165, 1.54) is 7.11 Å². The summed E-state index contributed by atoms with van der Waals surface area (Å²) in [4.78, 5) is 11.5. The molecule has 0 saturated carbocycles. The standard InChI is InChI=1S/C14H17NO4/c1-17-14(16)11(15)7-10-9-3-5-18-12(9)6-8-2-4-19-13(8)10/h6,11H,2-5,7,15H2,1H3. The highest BCUT2D eigenvalue weighted by atomic mass is 16.5. The number of methoxy groups -OCH3 is 1. The van der Waals surface area contributed by atoms with Crippen LogP contribution in [0.4, 0.5) is 0 Å². The van der Waals surface area contributed by atoms with Gasteiger partial charge in [-0.1, -0.05) is 0 Å². The summed E-state index contributed by atoms with van der Waals surface area (Å²) >= 11 is 0. The van der Waals surface area contributed by atoms with Crippen molar-refractivity contribution in [1.82, 2.24) is 0 Å². The Kier molecular flexibility index (Phi) is 3.06. The van der Waals surface area contributed by atoms with Gasteiger partial charge >= 0.3 is 5.97 Å². The molecule has 19 heavy (non-hydrogen) atoms. The second kappa shape index (κ2) is 4.74. The average molecular weight is 263 g/mol. The summed E-state index contributed by atoms with van der Waals surface area (Å²) in [6.45, 7) is 1.36. The van der Waals surface area contributed by atoms with Gasteiger partial charge in [0.2, 0.25) is 0 Å². The molecule has 0 spiro atoms. The number of hydrogen-bond donors (Lipinski definition) is 1. The van der Waals surface area contributed by atoms with Gasteiger partial charge in [-0.15, -0.1) is 0 Å². The van der Waals surface area contributed by atoms with E-state index < -0.39 is 12.0 Å². The number of hydrogen-bond acceptors (Lipinski definition) is 5. The first kappa shape index (κ1) is 12.3. The lowest BCUT2D eigenvalue weighted by Crippen LogP contribution is -2.34. The van der Waals surface area contributed by atoms with Crippen LogP contribution in [-0.4, -0.2) is 32.3 Å². The smallest absolute Gasteiger partial charge is 0.322 e. The second-order valence-electron chi connectivity index (χ2n) is 4.85. The van der Waals surface area contributed by atoms with Crippen molar-refractivity contribution in [2.75, 3.05) is 20.3 Å². The van der Waals surface area contributed by atoms with Crippen molar-refractivity contribution in [3.05, 3.63) is 22.8 Å². The maximum Gasteiger partial charge on any atom is 0.322 e. The van der Waals surface area contributed by atoms with Gasteiger partial charge in [0, 0.05) is 36.0 Å². The summed E-state index contributed by atoms with van der Waals surface area (Å²) in [5.74, 6) is 1.41. The molecule has 2 heterocycles. The molecule has 2 N–H and O–H groups in total. The first-order valence-electron chi connectivity index (χ1n) is 6.47. The summed E-state index contributed by atoms with van der Waals surface area (Å²) in [7, 11) is 1.35. The molecule has 0 fully saturated rings. The quantitative estimate of drug-likeness (QED) is 0.809. The monoisotopic (exact) mass is 263 g/mol. The topological polar surface area (TPSA) is 70.8 Å². The predicted octanol–water partition coefficient (Wildman–Crippen LogP) is 0.599. The van der Waals surface area contributed by atoms with Crippen LogP contribution in [0, 0.1) is 0 Å². The number of carbonyl (C=O) groups excluding carboxylic acids is 1. The van der Waals surface area contributed by atoms with Crippen LogP contribution in [-0.2, 0) is 28.8 Å². The van der Waals surface area contributed by atoms with E-state index in [0.29, 0.717) is 19.6 Å². The molecule has 2 aliphatic rings. The third kappa shape index (κ3) is 2.04. The summed E-state index contributed by atoms with van der Waals surface area (Å²) < 4.78 is 16.0. The number of nitrogens with two attached hydrogens (primary N) is 1. The van der Waals surface area contributed by atoms with E-state index in [0.717, 1.165) is 41.0 Å². The highest BCUT2D eigenvalue weighted by Gasteiger charge is 2.28. The van der Waals surface area contributed by atoms with E-state index >= 15 is 0 Å². The van der Waals surface area contributed by atoms with E-state index in [4.69, 9.17) is 15.2 Å². The number of benzene rings is 1. The molecule has 0 radical (unpaired) electrons. The minimum atomic E-state index is -0.662. The second-order valence-corrected chi connectivity index (χ2v) is 4.85. The number of rotatable bonds is 3. The van der Waals surface area contributed by atoms with Gasteiger partial charge in [0.05, 0.1) is 20.3 Å². The van der Waals surface area contributed by atoms with Crippen LogP contribution in [0.2, 0.25) is 0 Å². The van der Waals surface area contributed by atoms with E-state index in [1.807, 2.05) is 0 Å². The van der Waals surface area contributed by atoms with E-state index in [-0.39, 0.29) is 0 Å². The minimum Gasteiger partial charge on any atom is -0.493 e. The Bertz CT molecular complexity index is 494. The average Bonchev–Trinajstić information content (AvgIpc) is 3.05. The molecule has 3 rings (SSSR count). The maximum absolute atomic E-state index is 11.5. The molecule has 0 amide bonds. The van der Waals surface area contributed by atoms with Crippen molar-refractivity contribution >= 4 is 5.97 Å². The largest absolute Gasteiger partial charge is 0.493 e. The molecular weight excluding hydrogens is 246 g/mol. The van der Waals surface area contributed by atoms with Crippen LogP contribution in [0.3, 0.4) is 0 Å². The van der Waals surface area contributed by atoms with Crippen molar-refractivity contribution in [3.8, 4) is 11.5 Å². The molecule has 1 aromatic carbocycles. The SMILES string of the molecule is COC(=O)C(N)Cc1c2c(cc3c1OCC3)OCC2. The van der Waals surface area contributed by atoms with Crippen LogP contribution in [0.5, 0.6) is 11.5 Å². The fourth-order valence-corrected chi connectivity index (χ4v) is 2.76. The van der Waals surface area contributed by atoms with E-state index in [1.54, 1.807) is 0 Å². The Morgan fingerprint density at radius 1 is 1.42 bits per heavy atom. The van der Waals surface area contributed by atoms with Crippen molar-refractivity contribution in [1.29, 1.82) is 0 Å². The number of carbonyl (C=O) groups is 1. The Hall–Kier alpha value is -1.75. The predicted molar refractivity (Wildman–Crippen MR) is 68.5 cm³/mol. The molecule has 1 unspecified atom stereocenters. The first-order chi connectivity index (χ1) is 9.20. The molecular formula is C14H17NO4. The molecule has 102 valence electrons. The third-order valence-corrected chi connectivity index (χ3v) is 3.69. The molecule has 0 aliphatic carbocycles. The lowest BCUT2D eigenvalue weighted by molar-refractivity contribution is -0.142. The highest BCUT2D eigenvalue weighted by Crippen LogP contribution is 2.41. The molecule has 2 aliphatic heterocycles. The number of esters is 1. The first-order valence-corrected chi connectivity index (χ1v) is 6.47. The molecule has 0 bridgehead atoms. The Morgan fingerprint density at radius 2 is 2.21 bits per heavy atom. The number of ether oxygens (including phenoxy) is 3. The molecule has 5 heteroatoms. The zero-order valence-electron chi connectivity index (χ0n) is 10.9. The van der Waals surface area contributed by atoms with Crippen LogP contribution < -0.4 is 15.2 Å². The lowest BCUT2D eigenvalue weighted by atomic mass is 9.95. The third-order valence-electron chi connectivity index (χ3n) is 3.69. The summed E-state index contributed by atoms with van der Waals surface area (Å²) in [6, 6.07) is 1.39. The van der Waals surface area contributed by atoms with Crippen LogP contribution in [0.25, 0.3) is 0 Å². The summed E-state index contributed by atoms with van der Waals surface area (Å²) in [5, 5.41) is 0. The summed E-state index contributed by atoms with van der Waals surface area (Å²) in [6.07, 6.45) is 2.16. The van der Waals surface area contributed by atoms with Gasteiger partial charge in [0.25, 0.3) is 0 Å². The van der Waals surface area contributed by atoms with Crippen molar-refractivity contribution < 1.29 is 19.0 Å². The normalized spacial score (nSPS) is 17.2. The van der Waals surface area contributed by atoms with E-state index in [2.05, 4.69) is 10.8 Å². The zero-order valence-corrected chi connectivity index (χ0v) is 10.9. The highest BCUT2D eigenvalue weighted by molar-refractivity contribution is 5.76. The van der Waals surface area contributed by atoms with Crippen LogP contribution in [0.1, 0.15) is 16.7 Å². The fraction of sp³-hybridized carbons (Fsp3) is 0.500. The van der Waals surface area contributed by atoms with Gasteiger partial charge in [0.1, 0.15) is 17.5 Å². The molecule has 0 aromatic heterocycles. The maximum atomic E-state index is 11.5. The van der Waals surface area contributed by atoms with Gasteiger partial charge in [-0.2, -0.15) is 0 Å². The number of fused-ring (bicyclic) bond motifs is 2. The van der Waals surface area contributed by atoms with Crippen molar-refractivity contribution in [3.63, 3.8) is 0 Å². The van der Waals surface area contributed by atoms with Crippen LogP contribution >= 0.6 is 0 Å². The minimum absolute atomic E-state index is 0.400. The van der Waals surface area contributed by atoms with Crippen molar-refractivity contribution in [2.45, 2.75) is 25.3 Å². The molecule has 1 atom stereocenters. The van der Waals surface area contributed by atoms with Crippen LogP contribution in [0.15, 0.2) is 6.07 Å². The Labute approximate surface area is 111 Å². The van der Waals surface area contributed by atoms with E-state index in [9.17, 15) is 4.79 Å². The van der Waals surface area contributed by atoms with Crippen molar-refractivity contribution in [2.24, 2.45) is 5.73 Å². The van der Waals surface area contributed by atoms with Gasteiger partial charge in [-0.25, -0.2) is 0 Å². The molecule has 1 aromatic rings. The molecule has 0 saturated heterocycles. The Morgan fingerprint density at radius 3 is 3.00 bits per heavy atom. The van der Waals surface area contributed by atoms with Gasteiger partial charge in [-0.3, -0.25) is 4.79 Å². The van der Waals surface area contributed by atoms with Gasteiger partial charge in [-0.05, 0) is 6.07 Å².